The van der Waals surface area contributed by atoms with Crippen LogP contribution in [0.15, 0.2) is 78.9 Å². The Balaban J connectivity index is 1.73. The molecule has 4 rings (SSSR count). The van der Waals surface area contributed by atoms with Crippen LogP contribution < -0.4 is 10.6 Å². The van der Waals surface area contributed by atoms with Crippen molar-refractivity contribution in [3.05, 3.63) is 90.0 Å². The van der Waals surface area contributed by atoms with Gasteiger partial charge in [-0.1, -0.05) is 61.5 Å². The molecule has 3 aromatic carbocycles. The summed E-state index contributed by atoms with van der Waals surface area (Å²) in [5.41, 5.74) is 4.54. The van der Waals surface area contributed by atoms with Crippen LogP contribution in [-0.2, 0) is 7.05 Å². The van der Waals surface area contributed by atoms with Crippen molar-refractivity contribution < 1.29 is 9.59 Å². The first-order valence-electron chi connectivity index (χ1n) is 10.4. The van der Waals surface area contributed by atoms with Crippen LogP contribution in [0.25, 0.3) is 22.2 Å². The maximum Gasteiger partial charge on any atom is 0.258 e. The number of amides is 2. The summed E-state index contributed by atoms with van der Waals surface area (Å²) in [4.78, 5) is 25.8. The number of aryl methyl sites for hydroxylation is 1. The number of carbonyl (C=O) groups is 2. The minimum atomic E-state index is -0.207. The Morgan fingerprint density at radius 1 is 0.871 bits per heavy atom. The Morgan fingerprint density at radius 2 is 1.61 bits per heavy atom. The molecule has 0 aliphatic heterocycles. The number of carbonyl (C=O) groups excluding carboxylic acids is 2. The summed E-state index contributed by atoms with van der Waals surface area (Å²) in [6, 6.07) is 24.8. The lowest BCUT2D eigenvalue weighted by atomic mass is 10.0. The quantitative estimate of drug-likeness (QED) is 0.456. The third-order valence-corrected chi connectivity index (χ3v) is 5.30. The van der Waals surface area contributed by atoms with Crippen LogP contribution in [-0.4, -0.2) is 22.9 Å². The molecule has 1 heterocycles. The fraction of sp³-hybridized carbons (Fsp3) is 0.154. The minimum absolute atomic E-state index is 0.145. The highest BCUT2D eigenvalue weighted by atomic mass is 16.2. The Labute approximate surface area is 181 Å². The molecule has 5 nitrogen and oxygen atoms in total. The third kappa shape index (κ3) is 4.08. The molecule has 5 heteroatoms. The van der Waals surface area contributed by atoms with E-state index in [9.17, 15) is 9.59 Å². The van der Waals surface area contributed by atoms with Gasteiger partial charge in [-0.25, -0.2) is 0 Å². The SMILES string of the molecule is CCCNC(=O)c1cccc(NC(=O)c2c(-c3ccccc3)n(C)c3ccccc23)c1. The second kappa shape index (κ2) is 8.88. The number of rotatable bonds is 6. The number of para-hydroxylation sites is 1. The number of nitrogens with zero attached hydrogens (tertiary/aromatic N) is 1. The summed E-state index contributed by atoms with van der Waals surface area (Å²) in [6.45, 7) is 2.62. The molecule has 0 radical (unpaired) electrons. The van der Waals surface area contributed by atoms with Crippen molar-refractivity contribution in [1.29, 1.82) is 0 Å². The smallest absolute Gasteiger partial charge is 0.258 e. The highest BCUT2D eigenvalue weighted by Gasteiger charge is 2.22. The maximum absolute atomic E-state index is 13.5. The molecule has 4 aromatic rings. The predicted octanol–water partition coefficient (Wildman–Crippen LogP) is 5.24. The van der Waals surface area contributed by atoms with E-state index in [4.69, 9.17) is 0 Å². The summed E-state index contributed by atoms with van der Waals surface area (Å²) < 4.78 is 2.05. The van der Waals surface area contributed by atoms with Gasteiger partial charge >= 0.3 is 0 Å². The molecule has 2 amide bonds. The first-order valence-corrected chi connectivity index (χ1v) is 10.4. The molecule has 0 saturated carbocycles. The Kier molecular flexibility index (Phi) is 5.85. The lowest BCUT2D eigenvalue weighted by molar-refractivity contribution is 0.0952. The zero-order valence-corrected chi connectivity index (χ0v) is 17.7. The second-order valence-electron chi connectivity index (χ2n) is 7.46. The van der Waals surface area contributed by atoms with Crippen LogP contribution >= 0.6 is 0 Å². The van der Waals surface area contributed by atoms with Crippen LogP contribution in [0.3, 0.4) is 0 Å². The van der Waals surface area contributed by atoms with Gasteiger partial charge in [0.25, 0.3) is 11.8 Å². The topological polar surface area (TPSA) is 63.1 Å². The zero-order chi connectivity index (χ0) is 21.8. The van der Waals surface area contributed by atoms with Gasteiger partial charge in [0, 0.05) is 35.7 Å². The summed E-state index contributed by atoms with van der Waals surface area (Å²) in [5.74, 6) is -0.352. The molecule has 0 bridgehead atoms. The maximum atomic E-state index is 13.5. The van der Waals surface area contributed by atoms with Gasteiger partial charge in [-0.3, -0.25) is 9.59 Å². The van der Waals surface area contributed by atoms with Crippen molar-refractivity contribution in [2.24, 2.45) is 7.05 Å². The Hall–Kier alpha value is -3.86. The number of hydrogen-bond donors (Lipinski definition) is 2. The molecule has 0 aliphatic carbocycles. The van der Waals surface area contributed by atoms with Gasteiger partial charge in [0.2, 0.25) is 0 Å². The standard InChI is InChI=1S/C26H25N3O2/c1-3-16-27-25(30)19-12-9-13-20(17-19)28-26(31)23-21-14-7-8-15-22(21)29(2)24(23)18-10-5-4-6-11-18/h4-15,17H,3,16H2,1-2H3,(H,27,30)(H,28,31). The van der Waals surface area contributed by atoms with Gasteiger partial charge in [0.15, 0.2) is 0 Å². The Morgan fingerprint density at radius 3 is 2.39 bits per heavy atom. The van der Waals surface area contributed by atoms with Gasteiger partial charge in [-0.15, -0.1) is 0 Å². The van der Waals surface area contributed by atoms with E-state index in [1.165, 1.54) is 0 Å². The molecule has 0 fully saturated rings. The monoisotopic (exact) mass is 411 g/mol. The number of anilines is 1. The van der Waals surface area contributed by atoms with Crippen molar-refractivity contribution in [1.82, 2.24) is 9.88 Å². The van der Waals surface area contributed by atoms with E-state index < -0.39 is 0 Å². The summed E-state index contributed by atoms with van der Waals surface area (Å²) >= 11 is 0. The van der Waals surface area contributed by atoms with Gasteiger partial charge < -0.3 is 15.2 Å². The molecule has 0 aliphatic rings. The molecule has 0 atom stereocenters. The van der Waals surface area contributed by atoms with Crippen LogP contribution in [0.5, 0.6) is 0 Å². The van der Waals surface area contributed by atoms with Gasteiger partial charge in [0.05, 0.1) is 11.3 Å². The van der Waals surface area contributed by atoms with Crippen molar-refractivity contribution in [3.8, 4) is 11.3 Å². The van der Waals surface area contributed by atoms with E-state index in [1.54, 1.807) is 24.3 Å². The van der Waals surface area contributed by atoms with E-state index in [2.05, 4.69) is 10.6 Å². The molecule has 0 saturated heterocycles. The highest BCUT2D eigenvalue weighted by Crippen LogP contribution is 2.33. The van der Waals surface area contributed by atoms with E-state index in [0.29, 0.717) is 23.4 Å². The first kappa shape index (κ1) is 20.4. The van der Waals surface area contributed by atoms with E-state index >= 15 is 0 Å². The molecular weight excluding hydrogens is 386 g/mol. The van der Waals surface area contributed by atoms with Crippen LogP contribution in [0.4, 0.5) is 5.69 Å². The highest BCUT2D eigenvalue weighted by molar-refractivity contribution is 6.17. The van der Waals surface area contributed by atoms with Crippen molar-refractivity contribution in [3.63, 3.8) is 0 Å². The lowest BCUT2D eigenvalue weighted by Gasteiger charge is -2.10. The van der Waals surface area contributed by atoms with Crippen molar-refractivity contribution in [2.75, 3.05) is 11.9 Å². The number of hydrogen-bond acceptors (Lipinski definition) is 2. The van der Waals surface area contributed by atoms with Crippen LogP contribution in [0.1, 0.15) is 34.1 Å². The molecule has 2 N–H and O–H groups in total. The molecular formula is C26H25N3O2. The molecule has 0 unspecified atom stereocenters. The number of aromatic nitrogens is 1. The average molecular weight is 412 g/mol. The van der Waals surface area contributed by atoms with Gasteiger partial charge in [0.1, 0.15) is 0 Å². The largest absolute Gasteiger partial charge is 0.352 e. The van der Waals surface area contributed by atoms with E-state index in [-0.39, 0.29) is 11.8 Å². The molecule has 0 spiro atoms. The minimum Gasteiger partial charge on any atom is -0.352 e. The van der Waals surface area contributed by atoms with E-state index in [0.717, 1.165) is 28.6 Å². The summed E-state index contributed by atoms with van der Waals surface area (Å²) in [6.07, 6.45) is 0.867. The second-order valence-corrected chi connectivity index (χ2v) is 7.46. The first-order chi connectivity index (χ1) is 15.1. The van der Waals surface area contributed by atoms with Crippen molar-refractivity contribution in [2.45, 2.75) is 13.3 Å². The lowest BCUT2D eigenvalue weighted by Crippen LogP contribution is -2.24. The number of benzene rings is 3. The summed E-state index contributed by atoms with van der Waals surface area (Å²) in [5, 5.41) is 6.74. The van der Waals surface area contributed by atoms with Crippen LogP contribution in [0, 0.1) is 0 Å². The van der Waals surface area contributed by atoms with Gasteiger partial charge in [-0.05, 0) is 36.2 Å². The average Bonchev–Trinajstić information content (AvgIpc) is 3.11. The normalized spacial score (nSPS) is 10.8. The number of nitrogens with one attached hydrogen (secondary N) is 2. The van der Waals surface area contributed by atoms with Crippen molar-refractivity contribution >= 4 is 28.4 Å². The molecule has 156 valence electrons. The fourth-order valence-corrected chi connectivity index (χ4v) is 3.83. The zero-order valence-electron chi connectivity index (χ0n) is 17.7. The van der Waals surface area contributed by atoms with Crippen LogP contribution in [0.2, 0.25) is 0 Å². The predicted molar refractivity (Wildman–Crippen MR) is 125 cm³/mol. The Bertz CT molecular complexity index is 1240. The van der Waals surface area contributed by atoms with E-state index in [1.807, 2.05) is 73.1 Å². The number of fused-ring (bicyclic) bond motifs is 1. The molecule has 31 heavy (non-hydrogen) atoms. The van der Waals surface area contributed by atoms with Gasteiger partial charge in [-0.2, -0.15) is 0 Å². The fourth-order valence-electron chi connectivity index (χ4n) is 3.83. The third-order valence-electron chi connectivity index (χ3n) is 5.30. The molecule has 1 aromatic heterocycles. The summed E-state index contributed by atoms with van der Waals surface area (Å²) in [7, 11) is 1.97.